The van der Waals surface area contributed by atoms with E-state index in [0.29, 0.717) is 11.8 Å². The normalized spacial score (nSPS) is 10.6. The highest BCUT2D eigenvalue weighted by Gasteiger charge is 2.01. The van der Waals surface area contributed by atoms with E-state index in [1.165, 1.54) is 26.9 Å². The second-order valence-electron chi connectivity index (χ2n) is 7.62. The van der Waals surface area contributed by atoms with E-state index in [0.717, 1.165) is 5.69 Å². The van der Waals surface area contributed by atoms with Crippen LogP contribution < -0.4 is 10.0 Å². The fraction of sp³-hybridized carbons (Fsp3) is 0.280. The fourth-order valence-electron chi connectivity index (χ4n) is 2.64. The molecular formula is C25H32NPS. The molecule has 0 aliphatic heterocycles. The zero-order valence-electron chi connectivity index (χ0n) is 17.6. The SMILES string of the molecule is CC(C)c1cccc(SNc2ccc(P)cc2)c1.Cc1cccc(C(C)C)c1. The smallest absolute Gasteiger partial charge is 0.0443 e. The molecule has 1 N–H and O–H groups in total. The summed E-state index contributed by atoms with van der Waals surface area (Å²) in [6, 6.07) is 25.7. The van der Waals surface area contributed by atoms with E-state index >= 15 is 0 Å². The summed E-state index contributed by atoms with van der Waals surface area (Å²) in [5.74, 6) is 1.22. The molecular weight excluding hydrogens is 377 g/mol. The molecule has 0 saturated carbocycles. The van der Waals surface area contributed by atoms with Gasteiger partial charge in [-0.05, 0) is 71.4 Å². The van der Waals surface area contributed by atoms with Gasteiger partial charge in [0, 0.05) is 10.6 Å². The third-order valence-corrected chi connectivity index (χ3v) is 5.64. The van der Waals surface area contributed by atoms with Gasteiger partial charge < -0.3 is 4.72 Å². The van der Waals surface area contributed by atoms with Crippen LogP contribution in [0.15, 0.2) is 77.7 Å². The van der Waals surface area contributed by atoms with Crippen LogP contribution in [0.5, 0.6) is 0 Å². The Bertz CT molecular complexity index is 856. The first-order chi connectivity index (χ1) is 13.3. The summed E-state index contributed by atoms with van der Waals surface area (Å²) in [7, 11) is 2.69. The summed E-state index contributed by atoms with van der Waals surface area (Å²) < 4.78 is 3.36. The predicted molar refractivity (Wildman–Crippen MR) is 131 cm³/mol. The molecule has 3 heteroatoms. The Morgan fingerprint density at radius 1 is 0.750 bits per heavy atom. The number of nitrogens with one attached hydrogen (secondary N) is 1. The second-order valence-corrected chi connectivity index (χ2v) is 9.17. The summed E-state index contributed by atoms with van der Waals surface area (Å²) in [5, 5.41) is 1.20. The van der Waals surface area contributed by atoms with Gasteiger partial charge in [-0.15, -0.1) is 9.24 Å². The number of hydrogen-bond acceptors (Lipinski definition) is 2. The van der Waals surface area contributed by atoms with Crippen molar-refractivity contribution in [3.63, 3.8) is 0 Å². The molecule has 0 heterocycles. The van der Waals surface area contributed by atoms with Crippen molar-refractivity contribution >= 4 is 32.2 Å². The molecule has 28 heavy (non-hydrogen) atoms. The number of anilines is 1. The lowest BCUT2D eigenvalue weighted by Gasteiger charge is -2.09. The van der Waals surface area contributed by atoms with Crippen LogP contribution in [-0.2, 0) is 0 Å². The molecule has 0 aromatic heterocycles. The number of aryl methyl sites for hydroxylation is 1. The van der Waals surface area contributed by atoms with Gasteiger partial charge in [-0.1, -0.05) is 81.8 Å². The van der Waals surface area contributed by atoms with Crippen LogP contribution in [0.2, 0.25) is 0 Å². The Balaban J connectivity index is 0.000000237. The summed E-state index contributed by atoms with van der Waals surface area (Å²) in [6.45, 7) is 11.0. The van der Waals surface area contributed by atoms with Crippen LogP contribution in [0.4, 0.5) is 5.69 Å². The maximum absolute atomic E-state index is 3.36. The quantitative estimate of drug-likeness (QED) is 0.345. The molecule has 1 unspecified atom stereocenters. The number of benzene rings is 3. The van der Waals surface area contributed by atoms with Crippen LogP contribution in [0.3, 0.4) is 0 Å². The summed E-state index contributed by atoms with van der Waals surface area (Å²) in [4.78, 5) is 1.25. The van der Waals surface area contributed by atoms with Crippen molar-refractivity contribution in [1.82, 2.24) is 0 Å². The Kier molecular flexibility index (Phi) is 9.09. The molecule has 1 nitrogen and oxygen atoms in total. The standard InChI is InChI=1S/C15H18NPS.C10H14/c1-11(2)12-4-3-5-15(10-12)18-16-13-6-8-14(17)9-7-13;1-8(2)10-6-4-5-9(3)7-10/h3-11,16H,17H2,1-2H3;4-8H,1-3H3. The lowest BCUT2D eigenvalue weighted by Crippen LogP contribution is -1.92. The number of rotatable bonds is 5. The first-order valence-corrected chi connectivity index (χ1v) is 11.2. The van der Waals surface area contributed by atoms with Gasteiger partial charge in [-0.3, -0.25) is 0 Å². The van der Waals surface area contributed by atoms with Crippen LogP contribution in [0, 0.1) is 6.92 Å². The molecule has 148 valence electrons. The lowest BCUT2D eigenvalue weighted by molar-refractivity contribution is 0.862. The number of hydrogen-bond donors (Lipinski definition) is 1. The summed E-state index contributed by atoms with van der Waals surface area (Å²) >= 11 is 1.65. The molecule has 0 radical (unpaired) electrons. The molecule has 0 amide bonds. The van der Waals surface area contributed by atoms with Crippen LogP contribution in [0.1, 0.15) is 56.2 Å². The van der Waals surface area contributed by atoms with E-state index in [4.69, 9.17) is 0 Å². The van der Waals surface area contributed by atoms with Crippen LogP contribution in [-0.4, -0.2) is 0 Å². The highest BCUT2D eigenvalue weighted by Crippen LogP contribution is 2.24. The zero-order valence-corrected chi connectivity index (χ0v) is 19.5. The van der Waals surface area contributed by atoms with Gasteiger partial charge in [0.25, 0.3) is 0 Å². The van der Waals surface area contributed by atoms with Gasteiger partial charge in [0.15, 0.2) is 0 Å². The van der Waals surface area contributed by atoms with Crippen molar-refractivity contribution < 1.29 is 0 Å². The van der Waals surface area contributed by atoms with Gasteiger partial charge in [0.2, 0.25) is 0 Å². The van der Waals surface area contributed by atoms with Gasteiger partial charge in [0.05, 0.1) is 0 Å². The molecule has 1 atom stereocenters. The van der Waals surface area contributed by atoms with Crippen molar-refractivity contribution in [2.75, 3.05) is 4.72 Å². The molecule has 3 aromatic carbocycles. The Morgan fingerprint density at radius 3 is 1.86 bits per heavy atom. The molecule has 3 aromatic rings. The third-order valence-electron chi connectivity index (χ3n) is 4.43. The van der Waals surface area contributed by atoms with Gasteiger partial charge >= 0.3 is 0 Å². The largest absolute Gasteiger partial charge is 0.326 e. The van der Waals surface area contributed by atoms with Gasteiger partial charge in [-0.25, -0.2) is 0 Å². The maximum atomic E-state index is 3.36. The lowest BCUT2D eigenvalue weighted by atomic mass is 10.0. The zero-order chi connectivity index (χ0) is 20.5. The summed E-state index contributed by atoms with van der Waals surface area (Å²) in [6.07, 6.45) is 0. The Morgan fingerprint density at radius 2 is 1.32 bits per heavy atom. The monoisotopic (exact) mass is 409 g/mol. The van der Waals surface area contributed by atoms with Crippen molar-refractivity contribution in [2.24, 2.45) is 0 Å². The minimum Gasteiger partial charge on any atom is -0.326 e. The van der Waals surface area contributed by atoms with Crippen molar-refractivity contribution in [2.45, 2.75) is 51.3 Å². The van der Waals surface area contributed by atoms with Crippen molar-refractivity contribution in [1.29, 1.82) is 0 Å². The Labute approximate surface area is 177 Å². The first kappa shape index (κ1) is 22.5. The van der Waals surface area contributed by atoms with Gasteiger partial charge in [0.1, 0.15) is 0 Å². The highest BCUT2D eigenvalue weighted by atomic mass is 32.2. The topological polar surface area (TPSA) is 12.0 Å². The minimum atomic E-state index is 0.571. The van der Waals surface area contributed by atoms with Crippen molar-refractivity contribution in [3.8, 4) is 0 Å². The molecule has 0 saturated heterocycles. The average Bonchev–Trinajstić information content (AvgIpc) is 2.68. The van der Waals surface area contributed by atoms with E-state index in [1.807, 2.05) is 0 Å². The predicted octanol–water partition coefficient (Wildman–Crippen LogP) is 7.55. The first-order valence-electron chi connectivity index (χ1n) is 9.80. The minimum absolute atomic E-state index is 0.571. The molecule has 3 rings (SSSR count). The highest BCUT2D eigenvalue weighted by molar-refractivity contribution is 8.00. The molecule has 0 bridgehead atoms. The average molecular weight is 410 g/mol. The van der Waals surface area contributed by atoms with E-state index in [2.05, 4.69) is 121 Å². The van der Waals surface area contributed by atoms with Gasteiger partial charge in [-0.2, -0.15) is 0 Å². The molecule has 0 fully saturated rings. The van der Waals surface area contributed by atoms with E-state index in [-0.39, 0.29) is 0 Å². The second kappa shape index (κ2) is 11.3. The van der Waals surface area contributed by atoms with E-state index in [1.54, 1.807) is 11.9 Å². The molecule has 0 aliphatic carbocycles. The van der Waals surface area contributed by atoms with E-state index < -0.39 is 0 Å². The van der Waals surface area contributed by atoms with Crippen LogP contribution >= 0.6 is 21.2 Å². The molecule has 0 aliphatic rings. The Hall–Kier alpha value is -1.76. The summed E-state index contributed by atoms with van der Waals surface area (Å²) in [5.41, 5.74) is 5.29. The van der Waals surface area contributed by atoms with E-state index in [9.17, 15) is 0 Å². The molecule has 0 spiro atoms. The van der Waals surface area contributed by atoms with Crippen molar-refractivity contribution in [3.05, 3.63) is 89.5 Å². The fourth-order valence-corrected chi connectivity index (χ4v) is 3.54. The van der Waals surface area contributed by atoms with Crippen LogP contribution in [0.25, 0.3) is 0 Å². The maximum Gasteiger partial charge on any atom is 0.0443 e. The third kappa shape index (κ3) is 7.70.